The van der Waals surface area contributed by atoms with E-state index in [-0.39, 0.29) is 5.69 Å². The molecule has 2 rings (SSSR count). The molecule has 0 aliphatic carbocycles. The molecule has 1 aromatic carbocycles. The predicted molar refractivity (Wildman–Crippen MR) is 89.4 cm³/mol. The van der Waals surface area contributed by atoms with E-state index in [0.717, 1.165) is 11.8 Å². The first-order valence-electron chi connectivity index (χ1n) is 6.49. The van der Waals surface area contributed by atoms with Gasteiger partial charge in [0.2, 0.25) is 0 Å². The minimum Gasteiger partial charge on any atom is -0.481 e. The highest BCUT2D eigenvalue weighted by Crippen LogP contribution is 2.25. The molecule has 24 heavy (non-hydrogen) atoms. The number of ether oxygens (including phenoxy) is 1. The van der Waals surface area contributed by atoms with E-state index in [9.17, 15) is 14.9 Å². The molecule has 2 N–H and O–H groups in total. The zero-order valence-electron chi connectivity index (χ0n) is 12.0. The Kier molecular flexibility index (Phi) is 5.79. The second-order valence-electron chi connectivity index (χ2n) is 4.40. The van der Waals surface area contributed by atoms with Gasteiger partial charge in [0.15, 0.2) is 6.61 Å². The van der Waals surface area contributed by atoms with Crippen LogP contribution in [0.2, 0.25) is 0 Å². The van der Waals surface area contributed by atoms with Gasteiger partial charge in [0.05, 0.1) is 15.6 Å². The molecular weight excluding hydrogens is 384 g/mol. The van der Waals surface area contributed by atoms with Gasteiger partial charge in [-0.3, -0.25) is 15.5 Å². The molecule has 0 spiro atoms. The average molecular weight is 395 g/mol. The molecule has 0 amide bonds. The van der Waals surface area contributed by atoms with Gasteiger partial charge in [0.1, 0.15) is 17.8 Å². The zero-order valence-corrected chi connectivity index (χ0v) is 13.6. The number of hydrogen-bond donors (Lipinski definition) is 2. The van der Waals surface area contributed by atoms with Crippen LogP contribution >= 0.6 is 15.9 Å². The Morgan fingerprint density at radius 2 is 2.25 bits per heavy atom. The third-order valence-electron chi connectivity index (χ3n) is 2.66. The Labute approximate surface area is 144 Å². The second-order valence-corrected chi connectivity index (χ2v) is 5.26. The third-order valence-corrected chi connectivity index (χ3v) is 3.28. The number of nitro groups is 1. The highest BCUT2D eigenvalue weighted by Gasteiger charge is 2.05. The Morgan fingerprint density at radius 1 is 1.46 bits per heavy atom. The molecule has 1 aromatic heterocycles. The maximum absolute atomic E-state index is 10.5. The molecule has 0 radical (unpaired) electrons. The van der Waals surface area contributed by atoms with Gasteiger partial charge in [0, 0.05) is 6.07 Å². The molecule has 9 nitrogen and oxygen atoms in total. The number of benzene rings is 1. The van der Waals surface area contributed by atoms with E-state index in [2.05, 4.69) is 31.4 Å². The van der Waals surface area contributed by atoms with Crippen molar-refractivity contribution in [2.45, 2.75) is 0 Å². The van der Waals surface area contributed by atoms with Crippen molar-refractivity contribution < 1.29 is 19.6 Å². The molecule has 124 valence electrons. The molecule has 0 saturated heterocycles. The number of hydrazone groups is 1. The SMILES string of the molecule is O=C(O)COc1ccc(/C=N/Nc2ccc([N+](=O)[O-])cn2)cc1Br. The van der Waals surface area contributed by atoms with Crippen LogP contribution in [-0.4, -0.2) is 33.8 Å². The highest BCUT2D eigenvalue weighted by molar-refractivity contribution is 9.10. The number of carbonyl (C=O) groups is 1. The van der Waals surface area contributed by atoms with E-state index in [1.54, 1.807) is 18.2 Å². The zero-order chi connectivity index (χ0) is 17.5. The van der Waals surface area contributed by atoms with E-state index in [1.807, 2.05) is 0 Å². The third kappa shape index (κ3) is 5.02. The summed E-state index contributed by atoms with van der Waals surface area (Å²) >= 11 is 3.28. The number of pyridine rings is 1. The number of nitrogens with one attached hydrogen (secondary N) is 1. The molecule has 1 heterocycles. The summed E-state index contributed by atoms with van der Waals surface area (Å²) in [5.41, 5.74) is 3.26. The molecule has 0 saturated carbocycles. The van der Waals surface area contributed by atoms with Crippen molar-refractivity contribution in [3.8, 4) is 5.75 Å². The van der Waals surface area contributed by atoms with Crippen LogP contribution in [0.25, 0.3) is 0 Å². The Hall–Kier alpha value is -3.01. The van der Waals surface area contributed by atoms with Crippen LogP contribution in [0.15, 0.2) is 46.1 Å². The fourth-order valence-electron chi connectivity index (χ4n) is 1.59. The summed E-state index contributed by atoms with van der Waals surface area (Å²) in [6.07, 6.45) is 2.64. The number of aliphatic carboxylic acids is 1. The summed E-state index contributed by atoms with van der Waals surface area (Å²) in [6.45, 7) is -0.431. The Morgan fingerprint density at radius 3 is 2.83 bits per heavy atom. The average Bonchev–Trinajstić information content (AvgIpc) is 2.54. The first-order chi connectivity index (χ1) is 11.5. The number of carboxylic acid groups (broad SMARTS) is 1. The molecule has 0 atom stereocenters. The smallest absolute Gasteiger partial charge is 0.341 e. The maximum atomic E-state index is 10.5. The molecule has 0 fully saturated rings. The quantitative estimate of drug-likeness (QED) is 0.419. The van der Waals surface area contributed by atoms with Gasteiger partial charge in [0.25, 0.3) is 5.69 Å². The van der Waals surface area contributed by atoms with E-state index in [1.165, 1.54) is 18.3 Å². The predicted octanol–water partition coefficient (Wildman–Crippen LogP) is 2.66. The Bertz CT molecular complexity index is 779. The molecule has 0 unspecified atom stereocenters. The molecule has 0 aliphatic heterocycles. The largest absolute Gasteiger partial charge is 0.481 e. The van der Waals surface area contributed by atoms with Crippen LogP contribution in [0.1, 0.15) is 5.56 Å². The van der Waals surface area contributed by atoms with Gasteiger partial charge in [-0.05, 0) is 45.8 Å². The van der Waals surface area contributed by atoms with Crippen molar-refractivity contribution in [1.29, 1.82) is 0 Å². The number of anilines is 1. The number of halogens is 1. The van der Waals surface area contributed by atoms with Crippen LogP contribution in [0.3, 0.4) is 0 Å². The van der Waals surface area contributed by atoms with Crippen LogP contribution in [0.5, 0.6) is 5.75 Å². The van der Waals surface area contributed by atoms with Gasteiger partial charge in [-0.15, -0.1) is 0 Å². The minimum absolute atomic E-state index is 0.106. The number of aromatic nitrogens is 1. The summed E-state index contributed by atoms with van der Waals surface area (Å²) in [4.78, 5) is 24.3. The number of nitrogens with zero attached hydrogens (tertiary/aromatic N) is 3. The summed E-state index contributed by atoms with van der Waals surface area (Å²) < 4.78 is 5.67. The molecule has 0 aliphatic rings. The van der Waals surface area contributed by atoms with Gasteiger partial charge in [-0.25, -0.2) is 9.78 Å². The lowest BCUT2D eigenvalue weighted by atomic mass is 10.2. The number of carboxylic acids is 1. The van der Waals surface area contributed by atoms with E-state index < -0.39 is 17.5 Å². The van der Waals surface area contributed by atoms with Crippen LogP contribution in [0, 0.1) is 10.1 Å². The Balaban J connectivity index is 1.97. The van der Waals surface area contributed by atoms with E-state index in [0.29, 0.717) is 16.0 Å². The van der Waals surface area contributed by atoms with E-state index >= 15 is 0 Å². The van der Waals surface area contributed by atoms with Crippen LogP contribution in [-0.2, 0) is 4.79 Å². The summed E-state index contributed by atoms with van der Waals surface area (Å²) in [6, 6.07) is 7.75. The lowest BCUT2D eigenvalue weighted by Gasteiger charge is -2.06. The summed E-state index contributed by atoms with van der Waals surface area (Å²) in [5.74, 6) is -0.302. The van der Waals surface area contributed by atoms with Crippen LogP contribution in [0.4, 0.5) is 11.5 Å². The maximum Gasteiger partial charge on any atom is 0.341 e. The summed E-state index contributed by atoms with van der Waals surface area (Å²) in [5, 5.41) is 23.1. The van der Waals surface area contributed by atoms with Gasteiger partial charge in [-0.2, -0.15) is 5.10 Å². The van der Waals surface area contributed by atoms with E-state index in [4.69, 9.17) is 9.84 Å². The lowest BCUT2D eigenvalue weighted by molar-refractivity contribution is -0.385. The number of hydrogen-bond acceptors (Lipinski definition) is 7. The molecular formula is C14H11BrN4O5. The molecule has 2 aromatic rings. The van der Waals surface area contributed by atoms with Crippen molar-refractivity contribution in [1.82, 2.24) is 4.98 Å². The summed E-state index contributed by atoms with van der Waals surface area (Å²) in [7, 11) is 0. The second kappa shape index (κ2) is 8.02. The van der Waals surface area contributed by atoms with Crippen LogP contribution < -0.4 is 10.2 Å². The van der Waals surface area contributed by atoms with Crippen molar-refractivity contribution in [3.05, 3.63) is 56.7 Å². The fraction of sp³-hybridized carbons (Fsp3) is 0.0714. The highest BCUT2D eigenvalue weighted by atomic mass is 79.9. The monoisotopic (exact) mass is 394 g/mol. The van der Waals surface area contributed by atoms with Crippen molar-refractivity contribution >= 4 is 39.6 Å². The van der Waals surface area contributed by atoms with Crippen molar-refractivity contribution in [2.24, 2.45) is 5.10 Å². The molecule has 0 bridgehead atoms. The fourth-order valence-corrected chi connectivity index (χ4v) is 2.10. The topological polar surface area (TPSA) is 127 Å². The van der Waals surface area contributed by atoms with Gasteiger partial charge < -0.3 is 9.84 Å². The minimum atomic E-state index is -1.06. The van der Waals surface area contributed by atoms with Crippen molar-refractivity contribution in [2.75, 3.05) is 12.0 Å². The number of rotatable bonds is 7. The molecule has 10 heteroatoms. The normalized spacial score (nSPS) is 10.5. The van der Waals surface area contributed by atoms with Gasteiger partial charge >= 0.3 is 5.97 Å². The first-order valence-corrected chi connectivity index (χ1v) is 7.28. The lowest BCUT2D eigenvalue weighted by Crippen LogP contribution is -2.09. The first kappa shape index (κ1) is 17.3. The van der Waals surface area contributed by atoms with Crippen molar-refractivity contribution in [3.63, 3.8) is 0 Å². The van der Waals surface area contributed by atoms with Gasteiger partial charge in [-0.1, -0.05) is 0 Å². The standard InChI is InChI=1S/C14H11BrN4O5/c15-11-5-9(1-3-12(11)24-8-14(20)21)6-17-18-13-4-2-10(7-16-13)19(22)23/h1-7H,8H2,(H,16,18)(H,20,21)/b17-6+.